The highest BCUT2D eigenvalue weighted by Gasteiger charge is 2.09. The van der Waals surface area contributed by atoms with Crippen LogP contribution in [0.2, 0.25) is 0 Å². The van der Waals surface area contributed by atoms with E-state index in [9.17, 15) is 15.0 Å². The second-order valence-corrected chi connectivity index (χ2v) is 5.68. The van der Waals surface area contributed by atoms with Crippen molar-refractivity contribution >= 4 is 22.8 Å². The number of aromatic hydroxyl groups is 1. The standard InChI is InChI=1S/C20H18N2O3/c23-18-9-14(11-21-12-18)5-8-20(25)22-13-19(24)17-7-6-15-3-1-2-4-16(15)10-17/h1-12,19,23-24H,13H2,(H,22,25)/b8-5+. The molecule has 3 N–H and O–H groups in total. The SMILES string of the molecule is O=C(/C=C/c1cncc(O)c1)NCC(O)c1ccc2ccccc2c1. The molecule has 1 amide bonds. The molecule has 1 atom stereocenters. The summed E-state index contributed by atoms with van der Waals surface area (Å²) in [6.45, 7) is 0.111. The van der Waals surface area contributed by atoms with Crippen LogP contribution in [-0.2, 0) is 4.79 Å². The lowest BCUT2D eigenvalue weighted by atomic mass is 10.0. The average molecular weight is 334 g/mol. The van der Waals surface area contributed by atoms with Crippen LogP contribution in [0.5, 0.6) is 5.75 Å². The summed E-state index contributed by atoms with van der Waals surface area (Å²) in [6, 6.07) is 15.1. The van der Waals surface area contributed by atoms with Crippen molar-refractivity contribution in [3.05, 3.63) is 78.1 Å². The molecule has 5 heteroatoms. The molecule has 5 nitrogen and oxygen atoms in total. The quantitative estimate of drug-likeness (QED) is 0.627. The number of hydrogen-bond acceptors (Lipinski definition) is 4. The molecule has 1 aromatic heterocycles. The van der Waals surface area contributed by atoms with Gasteiger partial charge in [0, 0.05) is 18.8 Å². The van der Waals surface area contributed by atoms with E-state index in [1.807, 2.05) is 42.5 Å². The van der Waals surface area contributed by atoms with Gasteiger partial charge in [-0.05, 0) is 40.1 Å². The third kappa shape index (κ3) is 4.43. The maximum Gasteiger partial charge on any atom is 0.244 e. The number of rotatable bonds is 5. The van der Waals surface area contributed by atoms with Gasteiger partial charge in [-0.15, -0.1) is 0 Å². The summed E-state index contributed by atoms with van der Waals surface area (Å²) >= 11 is 0. The normalized spacial score (nSPS) is 12.4. The molecular weight excluding hydrogens is 316 g/mol. The van der Waals surface area contributed by atoms with Gasteiger partial charge in [0.15, 0.2) is 0 Å². The zero-order chi connectivity index (χ0) is 17.6. The second kappa shape index (κ2) is 7.59. The van der Waals surface area contributed by atoms with Crippen molar-refractivity contribution < 1.29 is 15.0 Å². The molecule has 0 aliphatic carbocycles. The Morgan fingerprint density at radius 2 is 1.92 bits per heavy atom. The third-order valence-corrected chi connectivity index (χ3v) is 3.80. The Labute approximate surface area is 145 Å². The predicted octanol–water partition coefficient (Wildman–Crippen LogP) is 2.80. The van der Waals surface area contributed by atoms with E-state index in [4.69, 9.17) is 0 Å². The number of pyridine rings is 1. The molecule has 0 aliphatic heterocycles. The fourth-order valence-electron chi connectivity index (χ4n) is 2.50. The number of carbonyl (C=O) groups excluding carboxylic acids is 1. The molecule has 126 valence electrons. The number of nitrogens with zero attached hydrogens (tertiary/aromatic N) is 1. The first kappa shape index (κ1) is 16.7. The van der Waals surface area contributed by atoms with Crippen molar-refractivity contribution in [2.75, 3.05) is 6.54 Å². The van der Waals surface area contributed by atoms with Gasteiger partial charge in [0.05, 0.1) is 12.3 Å². The Balaban J connectivity index is 1.59. The fraction of sp³-hybridized carbons (Fsp3) is 0.100. The van der Waals surface area contributed by atoms with Crippen LogP contribution in [0.15, 0.2) is 67.0 Å². The Hall–Kier alpha value is -3.18. The Morgan fingerprint density at radius 1 is 1.12 bits per heavy atom. The number of aliphatic hydroxyl groups excluding tert-OH is 1. The van der Waals surface area contributed by atoms with Crippen molar-refractivity contribution in [2.24, 2.45) is 0 Å². The van der Waals surface area contributed by atoms with Crippen LogP contribution in [0.25, 0.3) is 16.8 Å². The van der Waals surface area contributed by atoms with Gasteiger partial charge in [-0.2, -0.15) is 0 Å². The van der Waals surface area contributed by atoms with E-state index in [1.165, 1.54) is 24.5 Å². The maximum atomic E-state index is 11.9. The number of fused-ring (bicyclic) bond motifs is 1. The first-order chi connectivity index (χ1) is 12.1. The highest BCUT2D eigenvalue weighted by Crippen LogP contribution is 2.20. The van der Waals surface area contributed by atoms with Gasteiger partial charge >= 0.3 is 0 Å². The minimum Gasteiger partial charge on any atom is -0.506 e. The minimum atomic E-state index is -0.788. The zero-order valence-electron chi connectivity index (χ0n) is 13.5. The number of nitrogens with one attached hydrogen (secondary N) is 1. The van der Waals surface area contributed by atoms with Crippen molar-refractivity contribution in [3.63, 3.8) is 0 Å². The minimum absolute atomic E-state index is 0.0364. The van der Waals surface area contributed by atoms with E-state index in [2.05, 4.69) is 10.3 Å². The molecule has 0 bridgehead atoms. The van der Waals surface area contributed by atoms with E-state index in [-0.39, 0.29) is 18.2 Å². The average Bonchev–Trinajstić information content (AvgIpc) is 2.64. The van der Waals surface area contributed by atoms with E-state index in [1.54, 1.807) is 6.08 Å². The van der Waals surface area contributed by atoms with E-state index in [0.29, 0.717) is 5.56 Å². The first-order valence-electron chi connectivity index (χ1n) is 7.88. The summed E-state index contributed by atoms with van der Waals surface area (Å²) < 4.78 is 0. The van der Waals surface area contributed by atoms with E-state index < -0.39 is 6.10 Å². The zero-order valence-corrected chi connectivity index (χ0v) is 13.5. The van der Waals surface area contributed by atoms with Gasteiger partial charge in [0.1, 0.15) is 5.75 Å². The molecule has 0 spiro atoms. The van der Waals surface area contributed by atoms with Crippen molar-refractivity contribution in [3.8, 4) is 5.75 Å². The summed E-state index contributed by atoms with van der Waals surface area (Å²) in [7, 11) is 0. The first-order valence-corrected chi connectivity index (χ1v) is 7.88. The van der Waals surface area contributed by atoms with E-state index >= 15 is 0 Å². The summed E-state index contributed by atoms with van der Waals surface area (Å²) in [5.41, 5.74) is 1.37. The fourth-order valence-corrected chi connectivity index (χ4v) is 2.50. The molecule has 0 saturated heterocycles. The van der Waals surface area contributed by atoms with Gasteiger partial charge in [-0.1, -0.05) is 36.4 Å². The van der Waals surface area contributed by atoms with Crippen molar-refractivity contribution in [1.82, 2.24) is 10.3 Å². The van der Waals surface area contributed by atoms with Gasteiger partial charge in [0.25, 0.3) is 0 Å². The molecule has 1 unspecified atom stereocenters. The summed E-state index contributed by atoms with van der Waals surface area (Å²) in [4.78, 5) is 15.7. The smallest absolute Gasteiger partial charge is 0.244 e. The lowest BCUT2D eigenvalue weighted by molar-refractivity contribution is -0.116. The Bertz CT molecular complexity index is 921. The maximum absolute atomic E-state index is 11.9. The largest absolute Gasteiger partial charge is 0.506 e. The van der Waals surface area contributed by atoms with Crippen LogP contribution >= 0.6 is 0 Å². The Kier molecular flexibility index (Phi) is 5.06. The Morgan fingerprint density at radius 3 is 2.72 bits per heavy atom. The topological polar surface area (TPSA) is 82.5 Å². The molecule has 0 radical (unpaired) electrons. The second-order valence-electron chi connectivity index (χ2n) is 5.68. The number of amides is 1. The molecule has 0 aliphatic rings. The predicted molar refractivity (Wildman–Crippen MR) is 96.9 cm³/mol. The van der Waals surface area contributed by atoms with Crippen LogP contribution in [0, 0.1) is 0 Å². The summed E-state index contributed by atoms with van der Waals surface area (Å²) in [6.07, 6.45) is 4.95. The number of benzene rings is 2. The molecule has 0 saturated carbocycles. The van der Waals surface area contributed by atoms with Crippen LogP contribution in [0.4, 0.5) is 0 Å². The highest BCUT2D eigenvalue weighted by atomic mass is 16.3. The lowest BCUT2D eigenvalue weighted by Gasteiger charge is -2.12. The van der Waals surface area contributed by atoms with E-state index in [0.717, 1.165) is 16.3 Å². The molecule has 25 heavy (non-hydrogen) atoms. The third-order valence-electron chi connectivity index (χ3n) is 3.80. The van der Waals surface area contributed by atoms with Crippen LogP contribution < -0.4 is 5.32 Å². The molecular formula is C20H18N2O3. The molecule has 3 rings (SSSR count). The number of aliphatic hydroxyl groups is 1. The van der Waals surface area contributed by atoms with Gasteiger partial charge in [0.2, 0.25) is 5.91 Å². The van der Waals surface area contributed by atoms with Gasteiger partial charge in [-0.3, -0.25) is 9.78 Å². The number of carbonyl (C=O) groups is 1. The lowest BCUT2D eigenvalue weighted by Crippen LogP contribution is -2.26. The van der Waals surface area contributed by atoms with Crippen LogP contribution in [0.3, 0.4) is 0 Å². The van der Waals surface area contributed by atoms with Crippen molar-refractivity contribution in [1.29, 1.82) is 0 Å². The van der Waals surface area contributed by atoms with Gasteiger partial charge in [-0.25, -0.2) is 0 Å². The molecule has 2 aromatic carbocycles. The number of aromatic nitrogens is 1. The van der Waals surface area contributed by atoms with Crippen LogP contribution in [0.1, 0.15) is 17.2 Å². The van der Waals surface area contributed by atoms with Crippen molar-refractivity contribution in [2.45, 2.75) is 6.10 Å². The van der Waals surface area contributed by atoms with Crippen LogP contribution in [-0.4, -0.2) is 27.6 Å². The monoisotopic (exact) mass is 334 g/mol. The summed E-state index contributed by atoms with van der Waals surface area (Å²) in [5.74, 6) is -0.294. The number of hydrogen-bond donors (Lipinski definition) is 3. The highest BCUT2D eigenvalue weighted by molar-refractivity contribution is 5.91. The molecule has 0 fully saturated rings. The molecule has 3 aromatic rings. The molecule has 1 heterocycles. The van der Waals surface area contributed by atoms with Gasteiger partial charge < -0.3 is 15.5 Å². The summed E-state index contributed by atoms with van der Waals surface area (Å²) in [5, 5.41) is 24.4.